The van der Waals surface area contributed by atoms with Crippen LogP contribution in [0.15, 0.2) is 29.0 Å². The molecular formula is C14H18N2O2. The van der Waals surface area contributed by atoms with Crippen LogP contribution in [-0.4, -0.2) is 15.6 Å². The monoisotopic (exact) mass is 246 g/mol. The van der Waals surface area contributed by atoms with E-state index in [1.807, 2.05) is 23.9 Å². The molecule has 2 heterocycles. The number of ketones is 1. The third-order valence-electron chi connectivity index (χ3n) is 3.10. The average molecular weight is 246 g/mol. The summed E-state index contributed by atoms with van der Waals surface area (Å²) in [5.41, 5.74) is 1.42. The molecule has 1 unspecified atom stereocenters. The first-order valence-corrected chi connectivity index (χ1v) is 6.22. The van der Waals surface area contributed by atoms with Crippen LogP contribution in [0, 0.1) is 6.92 Å². The van der Waals surface area contributed by atoms with Crippen LogP contribution in [-0.2, 0) is 6.42 Å². The maximum absolute atomic E-state index is 12.0. The van der Waals surface area contributed by atoms with Crippen LogP contribution < -0.4 is 0 Å². The van der Waals surface area contributed by atoms with Crippen molar-refractivity contribution in [1.82, 2.24) is 9.78 Å². The van der Waals surface area contributed by atoms with Crippen LogP contribution in [0.1, 0.15) is 48.1 Å². The van der Waals surface area contributed by atoms with Gasteiger partial charge >= 0.3 is 0 Å². The van der Waals surface area contributed by atoms with E-state index in [4.69, 9.17) is 4.42 Å². The van der Waals surface area contributed by atoms with Gasteiger partial charge in [0.15, 0.2) is 5.78 Å². The predicted octanol–water partition coefficient (Wildman–Crippen LogP) is 3.18. The van der Waals surface area contributed by atoms with Crippen molar-refractivity contribution in [3.63, 3.8) is 0 Å². The topological polar surface area (TPSA) is 48.0 Å². The number of furan rings is 1. The Labute approximate surface area is 107 Å². The lowest BCUT2D eigenvalue weighted by Crippen LogP contribution is -2.07. The number of carbonyl (C=O) groups excluding carboxylic acids is 1. The van der Waals surface area contributed by atoms with E-state index in [1.165, 1.54) is 6.26 Å². The second kappa shape index (κ2) is 5.21. The van der Waals surface area contributed by atoms with Crippen molar-refractivity contribution in [3.8, 4) is 0 Å². The number of aryl methyl sites for hydroxylation is 1. The van der Waals surface area contributed by atoms with E-state index in [0.717, 1.165) is 17.9 Å². The van der Waals surface area contributed by atoms with Crippen molar-refractivity contribution in [2.45, 2.75) is 39.7 Å². The maximum atomic E-state index is 12.0. The lowest BCUT2D eigenvalue weighted by atomic mass is 10.1. The quantitative estimate of drug-likeness (QED) is 0.761. The first-order chi connectivity index (χ1) is 8.60. The van der Waals surface area contributed by atoms with E-state index in [0.29, 0.717) is 18.0 Å². The minimum absolute atomic E-state index is 0.0428. The number of nitrogens with zero attached hydrogens (tertiary/aromatic N) is 2. The highest BCUT2D eigenvalue weighted by molar-refractivity contribution is 5.97. The molecule has 0 aliphatic rings. The van der Waals surface area contributed by atoms with Crippen LogP contribution in [0.2, 0.25) is 0 Å². The molecule has 0 bridgehead atoms. The summed E-state index contributed by atoms with van der Waals surface area (Å²) in [7, 11) is 0. The standard InChI is InChI=1S/C14H18N2O2/c1-4-10(2)16-6-5-13(15-16)8-14(17)12-7-11(3)18-9-12/h5-7,9-10H,4,8H2,1-3H3. The molecule has 2 aromatic rings. The van der Waals surface area contributed by atoms with Crippen molar-refractivity contribution >= 4 is 5.78 Å². The largest absolute Gasteiger partial charge is 0.469 e. The Bertz CT molecular complexity index is 539. The Morgan fingerprint density at radius 2 is 2.33 bits per heavy atom. The number of aromatic nitrogens is 2. The van der Waals surface area contributed by atoms with Crippen LogP contribution in [0.5, 0.6) is 0 Å². The molecule has 0 spiro atoms. The summed E-state index contributed by atoms with van der Waals surface area (Å²) in [5, 5.41) is 4.42. The zero-order valence-electron chi connectivity index (χ0n) is 11.0. The van der Waals surface area contributed by atoms with Gasteiger partial charge in [0.2, 0.25) is 0 Å². The Balaban J connectivity index is 2.05. The summed E-state index contributed by atoms with van der Waals surface area (Å²) in [4.78, 5) is 12.0. The highest BCUT2D eigenvalue weighted by Gasteiger charge is 2.12. The van der Waals surface area contributed by atoms with E-state index in [9.17, 15) is 4.79 Å². The van der Waals surface area contributed by atoms with E-state index in [2.05, 4.69) is 18.9 Å². The molecular weight excluding hydrogens is 228 g/mol. The molecule has 2 rings (SSSR count). The zero-order chi connectivity index (χ0) is 13.1. The molecule has 2 aromatic heterocycles. The zero-order valence-corrected chi connectivity index (χ0v) is 11.0. The van der Waals surface area contributed by atoms with E-state index >= 15 is 0 Å². The molecule has 0 N–H and O–H groups in total. The van der Waals surface area contributed by atoms with Crippen LogP contribution >= 0.6 is 0 Å². The second-order valence-electron chi connectivity index (χ2n) is 4.59. The second-order valence-corrected chi connectivity index (χ2v) is 4.59. The molecule has 96 valence electrons. The summed E-state index contributed by atoms with van der Waals surface area (Å²) in [6.07, 6.45) is 4.78. The molecule has 0 saturated heterocycles. The van der Waals surface area contributed by atoms with E-state index in [-0.39, 0.29) is 5.78 Å². The number of Topliss-reactive ketones (excluding diaryl/α,β-unsaturated/α-hetero) is 1. The summed E-state index contributed by atoms with van der Waals surface area (Å²) in [6, 6.07) is 4.02. The fraction of sp³-hybridized carbons (Fsp3) is 0.429. The predicted molar refractivity (Wildman–Crippen MR) is 68.7 cm³/mol. The molecule has 0 aliphatic heterocycles. The number of rotatable bonds is 5. The molecule has 0 amide bonds. The normalized spacial score (nSPS) is 12.6. The summed E-state index contributed by atoms with van der Waals surface area (Å²) in [5.74, 6) is 0.796. The summed E-state index contributed by atoms with van der Waals surface area (Å²) in [6.45, 7) is 6.05. The molecule has 0 saturated carbocycles. The van der Waals surface area contributed by atoms with Gasteiger partial charge in [0.1, 0.15) is 12.0 Å². The van der Waals surface area contributed by atoms with Gasteiger partial charge in [0, 0.05) is 12.2 Å². The lowest BCUT2D eigenvalue weighted by molar-refractivity contribution is 0.0991. The van der Waals surface area contributed by atoms with Crippen molar-refractivity contribution in [1.29, 1.82) is 0 Å². The van der Waals surface area contributed by atoms with Crippen LogP contribution in [0.4, 0.5) is 0 Å². The SMILES string of the molecule is CCC(C)n1ccc(CC(=O)c2coc(C)c2)n1. The number of hydrogen-bond donors (Lipinski definition) is 0. The Kier molecular flexibility index (Phi) is 3.65. The van der Waals surface area contributed by atoms with E-state index in [1.54, 1.807) is 6.07 Å². The molecule has 1 atom stereocenters. The summed E-state index contributed by atoms with van der Waals surface area (Å²) >= 11 is 0. The van der Waals surface area contributed by atoms with Gasteiger partial charge in [-0.05, 0) is 32.4 Å². The third kappa shape index (κ3) is 2.70. The Morgan fingerprint density at radius 1 is 1.56 bits per heavy atom. The lowest BCUT2D eigenvalue weighted by Gasteiger charge is -2.07. The van der Waals surface area contributed by atoms with Gasteiger partial charge in [-0.15, -0.1) is 0 Å². The Hall–Kier alpha value is -1.84. The minimum atomic E-state index is 0.0428. The molecule has 0 aromatic carbocycles. The van der Waals surface area contributed by atoms with Gasteiger partial charge in [-0.1, -0.05) is 6.92 Å². The summed E-state index contributed by atoms with van der Waals surface area (Å²) < 4.78 is 7.04. The number of hydrogen-bond acceptors (Lipinski definition) is 3. The molecule has 18 heavy (non-hydrogen) atoms. The first kappa shape index (κ1) is 12.6. The number of carbonyl (C=O) groups is 1. The molecule has 4 heteroatoms. The van der Waals surface area contributed by atoms with Crippen LogP contribution in [0.3, 0.4) is 0 Å². The fourth-order valence-electron chi connectivity index (χ4n) is 1.76. The highest BCUT2D eigenvalue weighted by Crippen LogP contribution is 2.12. The van der Waals surface area contributed by atoms with Crippen molar-refractivity contribution in [2.75, 3.05) is 0 Å². The molecule has 0 fully saturated rings. The minimum Gasteiger partial charge on any atom is -0.469 e. The molecule has 0 aliphatic carbocycles. The van der Waals surface area contributed by atoms with E-state index < -0.39 is 0 Å². The van der Waals surface area contributed by atoms with Gasteiger partial charge in [0.25, 0.3) is 0 Å². The molecule has 4 nitrogen and oxygen atoms in total. The molecule has 0 radical (unpaired) electrons. The van der Waals surface area contributed by atoms with Gasteiger partial charge in [0.05, 0.1) is 17.7 Å². The van der Waals surface area contributed by atoms with Crippen molar-refractivity contribution < 1.29 is 9.21 Å². The fourth-order valence-corrected chi connectivity index (χ4v) is 1.76. The van der Waals surface area contributed by atoms with Crippen molar-refractivity contribution in [3.05, 3.63) is 41.6 Å². The van der Waals surface area contributed by atoms with Gasteiger partial charge in [-0.3, -0.25) is 9.48 Å². The van der Waals surface area contributed by atoms with Crippen LogP contribution in [0.25, 0.3) is 0 Å². The average Bonchev–Trinajstić information content (AvgIpc) is 2.97. The van der Waals surface area contributed by atoms with Gasteiger partial charge in [-0.2, -0.15) is 5.10 Å². The van der Waals surface area contributed by atoms with Crippen molar-refractivity contribution in [2.24, 2.45) is 0 Å². The van der Waals surface area contributed by atoms with Gasteiger partial charge < -0.3 is 4.42 Å². The smallest absolute Gasteiger partial charge is 0.172 e. The first-order valence-electron chi connectivity index (χ1n) is 6.22. The van der Waals surface area contributed by atoms with Gasteiger partial charge in [-0.25, -0.2) is 0 Å². The Morgan fingerprint density at radius 3 is 2.94 bits per heavy atom. The highest BCUT2D eigenvalue weighted by atomic mass is 16.3. The maximum Gasteiger partial charge on any atom is 0.172 e. The third-order valence-corrected chi connectivity index (χ3v) is 3.10.